The Morgan fingerprint density at radius 3 is 2.36 bits per heavy atom. The molecular formula is C28H29Cl2FN2O2S. The number of hydrogen-bond donors (Lipinski definition) is 1. The molecule has 2 amide bonds. The Bertz CT molecular complexity index is 1130. The molecule has 0 spiro atoms. The van der Waals surface area contributed by atoms with Gasteiger partial charge in [0.25, 0.3) is 0 Å². The summed E-state index contributed by atoms with van der Waals surface area (Å²) in [5.41, 5.74) is 2.17. The van der Waals surface area contributed by atoms with Gasteiger partial charge in [0, 0.05) is 40.9 Å². The van der Waals surface area contributed by atoms with Gasteiger partial charge in [0.15, 0.2) is 0 Å². The van der Waals surface area contributed by atoms with Gasteiger partial charge < -0.3 is 10.2 Å². The number of carbonyl (C=O) groups excluding carboxylic acids is 2. The average Bonchev–Trinajstić information content (AvgIpc) is 2.88. The van der Waals surface area contributed by atoms with Crippen LogP contribution in [0, 0.1) is 5.82 Å². The number of hydrogen-bond acceptors (Lipinski definition) is 3. The molecule has 0 radical (unpaired) electrons. The van der Waals surface area contributed by atoms with Crippen LogP contribution < -0.4 is 5.32 Å². The van der Waals surface area contributed by atoms with Crippen molar-refractivity contribution in [3.8, 4) is 0 Å². The summed E-state index contributed by atoms with van der Waals surface area (Å²) in [5, 5.41) is 3.87. The number of nitrogens with one attached hydrogen (secondary N) is 1. The highest BCUT2D eigenvalue weighted by Gasteiger charge is 2.30. The summed E-state index contributed by atoms with van der Waals surface area (Å²) in [6, 6.07) is 20.7. The van der Waals surface area contributed by atoms with Crippen molar-refractivity contribution in [3.63, 3.8) is 0 Å². The third-order valence-electron chi connectivity index (χ3n) is 5.62. The summed E-state index contributed by atoms with van der Waals surface area (Å²) in [7, 11) is 0. The molecule has 0 aliphatic carbocycles. The fourth-order valence-corrected chi connectivity index (χ4v) is 5.08. The molecule has 0 aliphatic heterocycles. The van der Waals surface area contributed by atoms with Crippen molar-refractivity contribution in [2.75, 3.05) is 12.3 Å². The van der Waals surface area contributed by atoms with Crippen molar-refractivity contribution in [1.82, 2.24) is 10.2 Å². The summed E-state index contributed by atoms with van der Waals surface area (Å²) >= 11 is 13.5. The summed E-state index contributed by atoms with van der Waals surface area (Å²) in [4.78, 5) is 28.4. The quantitative estimate of drug-likeness (QED) is 0.281. The lowest BCUT2D eigenvalue weighted by Gasteiger charge is -2.31. The van der Waals surface area contributed by atoms with Crippen molar-refractivity contribution in [3.05, 3.63) is 105 Å². The van der Waals surface area contributed by atoms with Gasteiger partial charge in [-0.05, 0) is 41.8 Å². The Morgan fingerprint density at radius 1 is 0.972 bits per heavy atom. The highest BCUT2D eigenvalue weighted by Crippen LogP contribution is 2.25. The fourth-order valence-electron chi connectivity index (χ4n) is 3.70. The van der Waals surface area contributed by atoms with Crippen LogP contribution in [-0.4, -0.2) is 35.1 Å². The number of nitrogens with zero attached hydrogens (tertiary/aromatic N) is 1. The summed E-state index contributed by atoms with van der Waals surface area (Å²) < 4.78 is 14.2. The first-order valence-corrected chi connectivity index (χ1v) is 13.7. The van der Waals surface area contributed by atoms with E-state index in [9.17, 15) is 14.0 Å². The number of halogens is 3. The SMILES string of the molecule is CCCNC(=O)[C@@H](Cc1ccccc1)N(Cc1ccc(Cl)cc1)C(=O)CSCc1c(F)cccc1Cl. The van der Waals surface area contributed by atoms with Crippen molar-refractivity contribution >= 4 is 46.8 Å². The molecule has 3 rings (SSSR count). The van der Waals surface area contributed by atoms with E-state index in [0.717, 1.165) is 17.5 Å². The summed E-state index contributed by atoms with van der Waals surface area (Å²) in [5.74, 6) is -0.497. The zero-order valence-corrected chi connectivity index (χ0v) is 22.4. The minimum atomic E-state index is -0.709. The molecule has 0 unspecified atom stereocenters. The lowest BCUT2D eigenvalue weighted by atomic mass is 10.0. The first-order chi connectivity index (χ1) is 17.4. The van der Waals surface area contributed by atoms with E-state index in [1.54, 1.807) is 29.2 Å². The molecule has 36 heavy (non-hydrogen) atoms. The van der Waals surface area contributed by atoms with Gasteiger partial charge in [-0.1, -0.05) is 78.7 Å². The smallest absolute Gasteiger partial charge is 0.243 e. The molecule has 0 saturated carbocycles. The first-order valence-electron chi connectivity index (χ1n) is 11.7. The molecule has 3 aromatic carbocycles. The van der Waals surface area contributed by atoms with E-state index < -0.39 is 11.9 Å². The van der Waals surface area contributed by atoms with Crippen LogP contribution in [0.25, 0.3) is 0 Å². The van der Waals surface area contributed by atoms with Gasteiger partial charge in [0.1, 0.15) is 11.9 Å². The predicted molar refractivity (Wildman–Crippen MR) is 147 cm³/mol. The van der Waals surface area contributed by atoms with Gasteiger partial charge in [0.05, 0.1) is 5.75 Å². The lowest BCUT2D eigenvalue weighted by Crippen LogP contribution is -2.51. The fraction of sp³-hybridized carbons (Fsp3) is 0.286. The Hall–Kier alpha value is -2.54. The van der Waals surface area contributed by atoms with Crippen LogP contribution in [-0.2, 0) is 28.3 Å². The molecule has 1 atom stereocenters. The van der Waals surface area contributed by atoms with Crippen molar-refractivity contribution in [2.24, 2.45) is 0 Å². The van der Waals surface area contributed by atoms with Gasteiger partial charge in [-0.3, -0.25) is 9.59 Å². The zero-order chi connectivity index (χ0) is 25.9. The maximum atomic E-state index is 14.2. The Kier molecular flexibility index (Phi) is 11.1. The largest absolute Gasteiger partial charge is 0.354 e. The molecule has 0 aliphatic rings. The van der Waals surface area contributed by atoms with E-state index in [2.05, 4.69) is 5.32 Å². The van der Waals surface area contributed by atoms with Gasteiger partial charge in [-0.15, -0.1) is 11.8 Å². The van der Waals surface area contributed by atoms with Crippen molar-refractivity contribution < 1.29 is 14.0 Å². The number of rotatable bonds is 12. The number of amides is 2. The van der Waals surface area contributed by atoms with Gasteiger partial charge in [0.2, 0.25) is 11.8 Å². The van der Waals surface area contributed by atoms with Crippen molar-refractivity contribution in [2.45, 2.75) is 38.1 Å². The van der Waals surface area contributed by atoms with Gasteiger partial charge in [-0.2, -0.15) is 0 Å². The maximum Gasteiger partial charge on any atom is 0.243 e. The third-order valence-corrected chi connectivity index (χ3v) is 7.17. The molecule has 0 saturated heterocycles. The van der Waals surface area contributed by atoms with Crippen LogP contribution >= 0.6 is 35.0 Å². The number of carbonyl (C=O) groups is 2. The number of thioether (sulfide) groups is 1. The molecule has 0 heterocycles. The standard InChI is InChI=1S/C28H29Cl2FN2O2S/c1-2-15-32-28(35)26(16-20-7-4-3-5-8-20)33(17-21-11-13-22(29)14-12-21)27(34)19-36-18-23-24(30)9-6-10-25(23)31/h3-14,26H,2,15-19H2,1H3,(H,32,35)/t26-/m1/s1. The van der Waals surface area contributed by atoms with E-state index >= 15 is 0 Å². The Labute approximate surface area is 226 Å². The molecule has 0 bridgehead atoms. The first kappa shape index (κ1) is 28.0. The molecule has 8 heteroatoms. The molecular weight excluding hydrogens is 518 g/mol. The van der Waals surface area contributed by atoms with E-state index in [0.29, 0.717) is 28.6 Å². The maximum absolute atomic E-state index is 14.2. The monoisotopic (exact) mass is 546 g/mol. The summed E-state index contributed by atoms with van der Waals surface area (Å²) in [6.45, 7) is 2.75. The average molecular weight is 548 g/mol. The molecule has 0 aromatic heterocycles. The topological polar surface area (TPSA) is 49.4 Å². The second-order valence-electron chi connectivity index (χ2n) is 8.34. The van der Waals surface area contributed by atoms with Crippen LogP contribution in [0.4, 0.5) is 4.39 Å². The number of benzene rings is 3. The molecule has 190 valence electrons. The van der Waals surface area contributed by atoms with Crippen LogP contribution in [0.3, 0.4) is 0 Å². The minimum absolute atomic E-state index is 0.0740. The van der Waals surface area contributed by atoms with Crippen LogP contribution in [0.2, 0.25) is 10.0 Å². The van der Waals surface area contributed by atoms with E-state index in [1.165, 1.54) is 17.8 Å². The second kappa shape index (κ2) is 14.3. The Morgan fingerprint density at radius 2 is 1.69 bits per heavy atom. The summed E-state index contributed by atoms with van der Waals surface area (Å²) in [6.07, 6.45) is 1.16. The predicted octanol–water partition coefficient (Wildman–Crippen LogP) is 6.53. The van der Waals surface area contributed by atoms with E-state index in [4.69, 9.17) is 23.2 Å². The van der Waals surface area contributed by atoms with E-state index in [1.807, 2.05) is 49.4 Å². The van der Waals surface area contributed by atoms with Crippen LogP contribution in [0.5, 0.6) is 0 Å². The molecule has 3 aromatic rings. The van der Waals surface area contributed by atoms with Gasteiger partial charge >= 0.3 is 0 Å². The minimum Gasteiger partial charge on any atom is -0.354 e. The molecule has 0 fully saturated rings. The highest BCUT2D eigenvalue weighted by molar-refractivity contribution is 7.99. The van der Waals surface area contributed by atoms with E-state index in [-0.39, 0.29) is 29.9 Å². The highest BCUT2D eigenvalue weighted by atomic mass is 35.5. The third kappa shape index (κ3) is 8.26. The van der Waals surface area contributed by atoms with Gasteiger partial charge in [-0.25, -0.2) is 4.39 Å². The van der Waals surface area contributed by atoms with Crippen molar-refractivity contribution in [1.29, 1.82) is 0 Å². The van der Waals surface area contributed by atoms with Crippen LogP contribution in [0.15, 0.2) is 72.8 Å². The molecule has 1 N–H and O–H groups in total. The lowest BCUT2D eigenvalue weighted by molar-refractivity contribution is -0.139. The normalized spacial score (nSPS) is 11.7. The molecule has 4 nitrogen and oxygen atoms in total. The zero-order valence-electron chi connectivity index (χ0n) is 20.1. The van der Waals surface area contributed by atoms with Crippen LogP contribution in [0.1, 0.15) is 30.0 Å². The second-order valence-corrected chi connectivity index (χ2v) is 10.2. The Balaban J connectivity index is 1.84.